The van der Waals surface area contributed by atoms with Crippen LogP contribution in [0.2, 0.25) is 0 Å². The summed E-state index contributed by atoms with van der Waals surface area (Å²) < 4.78 is 49.5. The van der Waals surface area contributed by atoms with Crippen LogP contribution in [-0.2, 0) is 36.8 Å². The van der Waals surface area contributed by atoms with Crippen molar-refractivity contribution in [2.24, 2.45) is 0 Å². The van der Waals surface area contributed by atoms with Crippen LogP contribution >= 0.6 is 15.6 Å². The fourth-order valence-corrected chi connectivity index (χ4v) is 5.89. The average Bonchev–Trinajstić information content (AvgIpc) is 3.15. The van der Waals surface area contributed by atoms with E-state index in [9.17, 15) is 48.6 Å². The molecule has 0 aliphatic carbocycles. The summed E-state index contributed by atoms with van der Waals surface area (Å²) in [6.45, 7) is 1.95. The van der Waals surface area contributed by atoms with Crippen molar-refractivity contribution in [1.82, 2.24) is 14.9 Å². The molecule has 2 aliphatic rings. The van der Waals surface area contributed by atoms with E-state index in [1.807, 2.05) is 0 Å². The van der Waals surface area contributed by atoms with Crippen LogP contribution < -0.4 is 16.6 Å². The number of nitrogens with one attached hydrogen (secondary N) is 2. The van der Waals surface area contributed by atoms with Crippen LogP contribution in [0.3, 0.4) is 0 Å². The van der Waals surface area contributed by atoms with E-state index in [1.165, 1.54) is 20.0 Å². The molecule has 210 valence electrons. The lowest BCUT2D eigenvalue weighted by atomic mass is 9.97. The van der Waals surface area contributed by atoms with Crippen LogP contribution in [0.25, 0.3) is 0 Å². The molecule has 0 radical (unpaired) electrons. The number of hydrogen-bond acceptors (Lipinski definition) is 13. The van der Waals surface area contributed by atoms with Crippen molar-refractivity contribution >= 4 is 22.1 Å². The first-order valence-corrected chi connectivity index (χ1v) is 13.7. The van der Waals surface area contributed by atoms with Crippen LogP contribution in [0.1, 0.15) is 25.1 Å². The molecule has 2 fully saturated rings. The summed E-state index contributed by atoms with van der Waals surface area (Å²) >= 11 is 0. The third-order valence-corrected chi connectivity index (χ3v) is 8.22. The summed E-state index contributed by atoms with van der Waals surface area (Å²) in [6, 6.07) is -1.09. The van der Waals surface area contributed by atoms with E-state index in [0.29, 0.717) is 0 Å². The molecular weight excluding hydrogens is 548 g/mol. The molecule has 0 aromatic carbocycles. The minimum Gasteiger partial charge on any atom is -0.390 e. The van der Waals surface area contributed by atoms with Crippen molar-refractivity contribution in [3.8, 4) is 0 Å². The van der Waals surface area contributed by atoms with Gasteiger partial charge >= 0.3 is 21.3 Å². The number of rotatable bonds is 10. The summed E-state index contributed by atoms with van der Waals surface area (Å²) in [7, 11) is -10.8. The highest BCUT2D eigenvalue weighted by atomic mass is 31.3. The van der Waals surface area contributed by atoms with Gasteiger partial charge in [0.15, 0.2) is 6.29 Å². The lowest BCUT2D eigenvalue weighted by Crippen LogP contribution is -2.61. The van der Waals surface area contributed by atoms with Crippen molar-refractivity contribution in [3.63, 3.8) is 0 Å². The molecular formula is C17H27N3O15P2. The van der Waals surface area contributed by atoms with E-state index in [0.717, 1.165) is 4.57 Å². The van der Waals surface area contributed by atoms with Gasteiger partial charge in [-0.2, -0.15) is 4.31 Å². The van der Waals surface area contributed by atoms with Gasteiger partial charge in [-0.3, -0.25) is 28.2 Å². The van der Waals surface area contributed by atoms with Crippen LogP contribution in [0, 0.1) is 6.92 Å². The zero-order chi connectivity index (χ0) is 27.7. The molecule has 1 aromatic heterocycles. The summed E-state index contributed by atoms with van der Waals surface area (Å²) in [5.41, 5.74) is -1.24. The topological polar surface area (TPSA) is 265 Å². The number of phosphoric ester groups is 2. The number of hydrogen-bond donors (Lipinski definition) is 7. The Kier molecular flexibility index (Phi) is 9.27. The number of nitrogens with zero attached hydrogens (tertiary/aromatic N) is 1. The van der Waals surface area contributed by atoms with Crippen LogP contribution in [0.5, 0.6) is 0 Å². The maximum absolute atomic E-state index is 12.3. The molecule has 37 heavy (non-hydrogen) atoms. The molecule has 2 unspecified atom stereocenters. The van der Waals surface area contributed by atoms with E-state index >= 15 is 0 Å². The monoisotopic (exact) mass is 575 g/mol. The molecule has 3 heterocycles. The van der Waals surface area contributed by atoms with E-state index in [-0.39, 0.29) is 18.4 Å². The van der Waals surface area contributed by atoms with Crippen LogP contribution in [-0.4, -0.2) is 90.5 Å². The number of ether oxygens (including phenoxy) is 2. The Hall–Kier alpha value is -1.79. The van der Waals surface area contributed by atoms with Gasteiger partial charge in [-0.05, 0) is 13.8 Å². The van der Waals surface area contributed by atoms with E-state index in [1.54, 1.807) is 0 Å². The lowest BCUT2D eigenvalue weighted by Gasteiger charge is -2.41. The minimum absolute atomic E-state index is 0.158. The molecule has 2 aliphatic heterocycles. The molecule has 0 bridgehead atoms. The number of aliphatic hydroxyl groups is 3. The number of aryl methyl sites for hydroxylation is 1. The second-order valence-electron chi connectivity index (χ2n) is 8.33. The molecule has 0 saturated carbocycles. The maximum atomic E-state index is 12.3. The van der Waals surface area contributed by atoms with Gasteiger partial charge in [-0.15, -0.1) is 0 Å². The summed E-state index contributed by atoms with van der Waals surface area (Å²) in [5, 5.41) is 32.5. The molecule has 1 aromatic rings. The maximum Gasteiger partial charge on any atom is 0.483 e. The number of aliphatic hydroxyl groups excluding tert-OH is 3. The van der Waals surface area contributed by atoms with E-state index < -0.39 is 82.6 Å². The highest BCUT2D eigenvalue weighted by molar-refractivity contribution is 7.61. The van der Waals surface area contributed by atoms with Crippen molar-refractivity contribution in [2.75, 3.05) is 6.61 Å². The predicted octanol–water partition coefficient (Wildman–Crippen LogP) is -2.67. The number of aromatic nitrogens is 2. The van der Waals surface area contributed by atoms with Crippen LogP contribution in [0.15, 0.2) is 15.8 Å². The fourth-order valence-electron chi connectivity index (χ4n) is 3.74. The van der Waals surface area contributed by atoms with Crippen molar-refractivity contribution in [1.29, 1.82) is 0 Å². The van der Waals surface area contributed by atoms with Gasteiger partial charge in [-0.25, -0.2) is 13.9 Å². The first-order chi connectivity index (χ1) is 17.1. The first-order valence-electron chi connectivity index (χ1n) is 10.7. The fraction of sp³-hybridized carbons (Fsp3) is 0.706. The summed E-state index contributed by atoms with van der Waals surface area (Å²) in [5.74, 6) is 0. The molecule has 7 N–H and O–H groups in total. The quantitative estimate of drug-likeness (QED) is 0.111. The third-order valence-electron chi connectivity index (χ3n) is 5.62. The molecule has 0 spiro atoms. The predicted molar refractivity (Wildman–Crippen MR) is 118 cm³/mol. The highest BCUT2D eigenvalue weighted by Gasteiger charge is 2.48. The second kappa shape index (κ2) is 11.5. The Balaban J connectivity index is 1.58. The standard InChI is InChI=1S/C17H27N3O15P2/c1-7-4-20(17(26)19-15(7)25)11-3-9(22)10(33-11)5-31-36(27,28)35-37(29,30)34-16-14(24)13(23)12(18-6-21)8(2)32-16/h4,6,8-14,16,22-24H,3,5H2,1-2H3,(H,18,21)(H,27,28)(H,29,30)(H,19,25,26)/t8-,9+,10-,11-,12-,13+,14-,16-/m1/s1. The van der Waals surface area contributed by atoms with Gasteiger partial charge in [0.05, 0.1) is 24.9 Å². The Morgan fingerprint density at radius 3 is 2.51 bits per heavy atom. The molecule has 18 nitrogen and oxygen atoms in total. The first kappa shape index (κ1) is 29.8. The van der Waals surface area contributed by atoms with Gasteiger partial charge in [-0.1, -0.05) is 0 Å². The number of phosphoric acid groups is 2. The smallest absolute Gasteiger partial charge is 0.390 e. The zero-order valence-corrected chi connectivity index (χ0v) is 21.1. The molecule has 3 rings (SSSR count). The minimum atomic E-state index is -5.47. The van der Waals surface area contributed by atoms with Crippen molar-refractivity contribution in [2.45, 2.75) is 69.3 Å². The van der Waals surface area contributed by atoms with Gasteiger partial charge in [0, 0.05) is 18.2 Å². The van der Waals surface area contributed by atoms with E-state index in [2.05, 4.69) is 23.7 Å². The van der Waals surface area contributed by atoms with Crippen molar-refractivity contribution < 1.29 is 61.9 Å². The van der Waals surface area contributed by atoms with Crippen molar-refractivity contribution in [3.05, 3.63) is 32.6 Å². The largest absolute Gasteiger partial charge is 0.483 e. The molecule has 1 amide bonds. The number of carbonyl (C=O) groups excluding carboxylic acids is 1. The number of aromatic amines is 1. The van der Waals surface area contributed by atoms with Gasteiger partial charge in [0.1, 0.15) is 24.5 Å². The summed E-state index contributed by atoms with van der Waals surface area (Å²) in [6.07, 6.45) is -9.02. The van der Waals surface area contributed by atoms with Gasteiger partial charge in [0.2, 0.25) is 6.41 Å². The average molecular weight is 575 g/mol. The van der Waals surface area contributed by atoms with Crippen LogP contribution in [0.4, 0.5) is 0 Å². The third kappa shape index (κ3) is 7.20. The normalized spacial score (nSPS) is 35.4. The zero-order valence-electron chi connectivity index (χ0n) is 19.3. The Bertz CT molecular complexity index is 1190. The Morgan fingerprint density at radius 1 is 1.19 bits per heavy atom. The number of carbonyl (C=O) groups is 1. The Labute approximate surface area is 207 Å². The SMILES string of the molecule is Cc1cn([C@H]2C[C@H](O)[C@@H](COP(=O)(O)OP(=O)(O)O[C@H]3O[C@H](C)[C@@H](NC=O)[C@H](O)[C@H]3O)O2)c(=O)[nH]c1=O. The molecule has 20 heteroatoms. The molecule has 2 saturated heterocycles. The lowest BCUT2D eigenvalue weighted by molar-refractivity contribution is -0.245. The van der Waals surface area contributed by atoms with Gasteiger partial charge < -0.3 is 39.9 Å². The number of amides is 1. The van der Waals surface area contributed by atoms with Gasteiger partial charge in [0.25, 0.3) is 5.56 Å². The second-order valence-corrected chi connectivity index (χ2v) is 11.3. The Morgan fingerprint density at radius 2 is 1.86 bits per heavy atom. The molecule has 10 atom stereocenters. The summed E-state index contributed by atoms with van der Waals surface area (Å²) in [4.78, 5) is 56.0. The highest BCUT2D eigenvalue weighted by Crippen LogP contribution is 2.61. The van der Waals surface area contributed by atoms with E-state index in [4.69, 9.17) is 9.47 Å². The number of H-pyrrole nitrogens is 1.